The van der Waals surface area contributed by atoms with Gasteiger partial charge in [-0.15, -0.1) is 0 Å². The van der Waals surface area contributed by atoms with E-state index in [9.17, 15) is 9.59 Å². The van der Waals surface area contributed by atoms with Gasteiger partial charge >= 0.3 is 17.1 Å². The molecule has 0 aromatic heterocycles. The number of nitrogens with one attached hydrogen (secondary N) is 2. The Morgan fingerprint density at radius 3 is 1.33 bits per heavy atom. The zero-order valence-electron chi connectivity index (χ0n) is 22.7. The van der Waals surface area contributed by atoms with Crippen molar-refractivity contribution >= 4 is 47.0 Å². The first kappa shape index (κ1) is 32.6. The van der Waals surface area contributed by atoms with Gasteiger partial charge in [0, 0.05) is 25.3 Å². The Morgan fingerprint density at radius 1 is 0.727 bits per heavy atom. The predicted octanol–water partition coefficient (Wildman–Crippen LogP) is 3.38. The van der Waals surface area contributed by atoms with Crippen molar-refractivity contribution < 1.29 is 26.7 Å². The molecule has 0 heterocycles. The number of carbonyl (C=O) groups excluding carboxylic acids is 2. The van der Waals surface area contributed by atoms with Crippen LogP contribution in [0.15, 0.2) is 0 Å². The first-order valence-corrected chi connectivity index (χ1v) is 23.0. The van der Waals surface area contributed by atoms with Crippen molar-refractivity contribution in [3.8, 4) is 0 Å². The summed E-state index contributed by atoms with van der Waals surface area (Å²) >= 11 is 0. The highest BCUT2D eigenvalue weighted by atomic mass is 28.4. The molecule has 0 saturated heterocycles. The van der Waals surface area contributed by atoms with E-state index in [-0.39, 0.29) is 30.4 Å². The molecule has 12 heteroatoms. The molecule has 33 heavy (non-hydrogen) atoms. The molecule has 2 unspecified atom stereocenters. The highest BCUT2D eigenvalue weighted by molar-refractivity contribution is 6.74. The minimum atomic E-state index is -2.22. The molecule has 2 atom stereocenters. The fourth-order valence-electron chi connectivity index (χ4n) is 3.83. The van der Waals surface area contributed by atoms with Crippen LogP contribution in [-0.4, -0.2) is 72.3 Å². The first-order chi connectivity index (χ1) is 15.2. The monoisotopic (exact) mass is 538 g/mol. The fourth-order valence-corrected chi connectivity index (χ4v) is 17.1. The molecule has 8 nitrogen and oxygen atoms in total. The summed E-state index contributed by atoms with van der Waals surface area (Å²) in [6, 6.07) is 1.65. The van der Waals surface area contributed by atoms with E-state index in [1.165, 1.54) is 0 Å². The average molecular weight is 539 g/mol. The van der Waals surface area contributed by atoms with Crippen LogP contribution in [0.5, 0.6) is 0 Å². The number of rotatable bonds is 18. The molecule has 0 radical (unpaired) electrons. The van der Waals surface area contributed by atoms with E-state index in [0.717, 1.165) is 24.9 Å². The van der Waals surface area contributed by atoms with Crippen LogP contribution < -0.4 is 10.6 Å². The van der Waals surface area contributed by atoms with E-state index in [1.54, 1.807) is 0 Å². The third-order valence-corrected chi connectivity index (χ3v) is 16.7. The van der Waals surface area contributed by atoms with E-state index in [4.69, 9.17) is 17.1 Å². The lowest BCUT2D eigenvalue weighted by Gasteiger charge is -2.31. The number of amides is 2. The Kier molecular flexibility index (Phi) is 16.2. The Hall–Kier alpha value is -0.352. The summed E-state index contributed by atoms with van der Waals surface area (Å²) in [6.07, 6.45) is 1.66. The van der Waals surface area contributed by atoms with Gasteiger partial charge in [0.05, 0.1) is 0 Å². The first-order valence-electron chi connectivity index (χ1n) is 12.4. The van der Waals surface area contributed by atoms with E-state index in [2.05, 4.69) is 49.9 Å². The van der Waals surface area contributed by atoms with Crippen molar-refractivity contribution in [1.29, 1.82) is 0 Å². The summed E-state index contributed by atoms with van der Waals surface area (Å²) in [5.41, 5.74) is 0. The van der Waals surface area contributed by atoms with Crippen molar-refractivity contribution in [2.24, 2.45) is 0 Å². The molecule has 196 valence electrons. The minimum absolute atomic E-state index is 0.129. The summed E-state index contributed by atoms with van der Waals surface area (Å²) in [4.78, 5) is 24.2. The quantitative estimate of drug-likeness (QED) is 0.158. The zero-order valence-corrected chi connectivity index (χ0v) is 27.0. The highest BCUT2D eigenvalue weighted by Crippen LogP contribution is 2.20. The molecule has 0 saturated carbocycles. The van der Waals surface area contributed by atoms with Gasteiger partial charge in [0.15, 0.2) is 18.1 Å². The molecule has 0 fully saturated rings. The van der Waals surface area contributed by atoms with Crippen LogP contribution in [0.4, 0.5) is 0 Å². The smallest absolute Gasteiger partial charge is 0.324 e. The standard InChI is InChI=1S/C21H50N2O6Si4/c1-18(2)26-32(9,28-30(5)6)15-11-13-22-20(24)17-21(25)23-14-12-16-33(10,27-19(3)4)29-31(7)8/h18-19,30-31H,11-17H2,1-10H3,(H,22,24)(H,23,25). The maximum atomic E-state index is 12.1. The van der Waals surface area contributed by atoms with Crippen LogP contribution in [0.1, 0.15) is 47.0 Å². The average Bonchev–Trinajstić information content (AvgIpc) is 2.59. The fraction of sp³-hybridized carbons (Fsp3) is 0.905. The van der Waals surface area contributed by atoms with Crippen molar-refractivity contribution in [3.63, 3.8) is 0 Å². The Balaban J connectivity index is 4.26. The number of carbonyl (C=O) groups is 2. The molecule has 0 spiro atoms. The normalized spacial score (nSPS) is 15.7. The maximum Gasteiger partial charge on any atom is 0.324 e. The molecule has 0 aromatic carbocycles. The third-order valence-electron chi connectivity index (χ3n) is 4.52. The van der Waals surface area contributed by atoms with Crippen LogP contribution in [-0.2, 0) is 26.7 Å². The topological polar surface area (TPSA) is 95.1 Å². The number of hydrogen-bond acceptors (Lipinski definition) is 6. The van der Waals surface area contributed by atoms with E-state index in [1.807, 2.05) is 27.7 Å². The van der Waals surface area contributed by atoms with E-state index < -0.39 is 35.2 Å². The molecule has 0 aliphatic carbocycles. The maximum absolute atomic E-state index is 12.1. The minimum Gasteiger partial charge on any atom is -0.439 e. The molecule has 0 aromatic rings. The van der Waals surface area contributed by atoms with Crippen LogP contribution >= 0.6 is 0 Å². The Morgan fingerprint density at radius 2 is 1.06 bits per heavy atom. The highest BCUT2D eigenvalue weighted by Gasteiger charge is 2.34. The summed E-state index contributed by atoms with van der Waals surface area (Å²) in [5, 5.41) is 5.69. The molecule has 2 N–H and O–H groups in total. The summed E-state index contributed by atoms with van der Waals surface area (Å²) < 4.78 is 24.6. The van der Waals surface area contributed by atoms with Gasteiger partial charge in [0.1, 0.15) is 6.42 Å². The molecule has 0 rings (SSSR count). The van der Waals surface area contributed by atoms with Crippen molar-refractivity contribution in [2.45, 2.75) is 111 Å². The van der Waals surface area contributed by atoms with Crippen LogP contribution in [0.2, 0.25) is 51.4 Å². The molecular formula is C21H50N2O6Si4. The van der Waals surface area contributed by atoms with E-state index >= 15 is 0 Å². The Labute approximate surface area is 207 Å². The lowest BCUT2D eigenvalue weighted by Crippen LogP contribution is -2.45. The third kappa shape index (κ3) is 17.7. The lowest BCUT2D eigenvalue weighted by atomic mass is 10.3. The van der Waals surface area contributed by atoms with Gasteiger partial charge in [-0.1, -0.05) is 0 Å². The van der Waals surface area contributed by atoms with Gasteiger partial charge < -0.3 is 27.7 Å². The second-order valence-electron chi connectivity index (χ2n) is 10.0. The van der Waals surface area contributed by atoms with Crippen LogP contribution in [0.25, 0.3) is 0 Å². The van der Waals surface area contributed by atoms with Crippen molar-refractivity contribution in [2.75, 3.05) is 13.1 Å². The van der Waals surface area contributed by atoms with Crippen molar-refractivity contribution in [3.05, 3.63) is 0 Å². The van der Waals surface area contributed by atoms with Gasteiger partial charge in [-0.05, 0) is 91.9 Å². The van der Waals surface area contributed by atoms with Crippen LogP contribution in [0.3, 0.4) is 0 Å². The second kappa shape index (κ2) is 16.3. The molecule has 2 amide bonds. The SMILES string of the molecule is CC(C)O[Si](C)(CCCNC(=O)CC(=O)NCCC[Si](C)(OC(C)C)O[SiH](C)C)O[SiH](C)C. The number of hydrogen-bond donors (Lipinski definition) is 2. The molecule has 0 bridgehead atoms. The Bertz CT molecular complexity index is 511. The largest absolute Gasteiger partial charge is 0.439 e. The van der Waals surface area contributed by atoms with Gasteiger partial charge in [-0.3, -0.25) is 9.59 Å². The molecular weight excluding hydrogens is 489 g/mol. The zero-order chi connectivity index (χ0) is 25.7. The van der Waals surface area contributed by atoms with Gasteiger partial charge in [0.2, 0.25) is 11.8 Å². The lowest BCUT2D eigenvalue weighted by molar-refractivity contribution is -0.129. The van der Waals surface area contributed by atoms with Gasteiger partial charge in [0.25, 0.3) is 0 Å². The van der Waals surface area contributed by atoms with Gasteiger partial charge in [-0.25, -0.2) is 0 Å². The van der Waals surface area contributed by atoms with E-state index in [0.29, 0.717) is 13.1 Å². The molecule has 0 aliphatic heterocycles. The van der Waals surface area contributed by atoms with Gasteiger partial charge in [-0.2, -0.15) is 0 Å². The summed E-state index contributed by atoms with van der Waals surface area (Å²) in [6.45, 7) is 21.9. The molecule has 0 aliphatic rings. The second-order valence-corrected chi connectivity index (χ2v) is 22.1. The van der Waals surface area contributed by atoms with Crippen LogP contribution in [0, 0.1) is 0 Å². The summed E-state index contributed by atoms with van der Waals surface area (Å²) in [5.74, 6) is -0.507. The summed E-state index contributed by atoms with van der Waals surface area (Å²) in [7, 11) is -6.84. The predicted molar refractivity (Wildman–Crippen MR) is 145 cm³/mol. The van der Waals surface area contributed by atoms with Crippen molar-refractivity contribution in [1.82, 2.24) is 10.6 Å².